The molecule has 2 aliphatic rings. The molecule has 108 valence electrons. The van der Waals surface area contributed by atoms with Crippen molar-refractivity contribution in [3.8, 4) is 0 Å². The highest BCUT2D eigenvalue weighted by Crippen LogP contribution is 2.18. The minimum Gasteiger partial charge on any atom is -0.337 e. The first kappa shape index (κ1) is 13.9. The minimum atomic E-state index is -0.0398. The van der Waals surface area contributed by atoms with E-state index in [4.69, 9.17) is 0 Å². The van der Waals surface area contributed by atoms with Gasteiger partial charge in [-0.15, -0.1) is 11.3 Å². The standard InChI is InChI=1S/C13H17N3O2S2/c17-12(16-5-7-19-8-6-16)10-9-20-11(14-10)13(18)15-3-1-2-4-15/h9H,1-8H2. The Kier molecular flexibility index (Phi) is 4.26. The molecule has 0 spiro atoms. The van der Waals surface area contributed by atoms with Gasteiger partial charge in [0.05, 0.1) is 0 Å². The lowest BCUT2D eigenvalue weighted by atomic mass is 10.4. The number of rotatable bonds is 2. The van der Waals surface area contributed by atoms with Crippen molar-refractivity contribution in [2.24, 2.45) is 0 Å². The number of thiazole rings is 1. The average Bonchev–Trinajstić information content (AvgIpc) is 3.18. The quantitative estimate of drug-likeness (QED) is 0.832. The number of likely N-dealkylation sites (tertiary alicyclic amines) is 1. The molecule has 0 saturated carbocycles. The van der Waals surface area contributed by atoms with Gasteiger partial charge in [-0.3, -0.25) is 9.59 Å². The summed E-state index contributed by atoms with van der Waals surface area (Å²) >= 11 is 3.15. The Labute approximate surface area is 126 Å². The lowest BCUT2D eigenvalue weighted by Crippen LogP contribution is -2.38. The number of aromatic nitrogens is 1. The molecule has 0 bridgehead atoms. The zero-order valence-electron chi connectivity index (χ0n) is 11.2. The number of carbonyl (C=O) groups excluding carboxylic acids is 2. The highest BCUT2D eigenvalue weighted by Gasteiger charge is 2.25. The predicted octanol–water partition coefficient (Wildman–Crippen LogP) is 1.57. The van der Waals surface area contributed by atoms with Crippen LogP contribution in [-0.4, -0.2) is 64.3 Å². The molecule has 0 N–H and O–H groups in total. The maximum absolute atomic E-state index is 12.3. The van der Waals surface area contributed by atoms with Crippen molar-refractivity contribution in [3.05, 3.63) is 16.1 Å². The topological polar surface area (TPSA) is 53.5 Å². The van der Waals surface area contributed by atoms with Gasteiger partial charge in [0.25, 0.3) is 11.8 Å². The number of carbonyl (C=O) groups is 2. The monoisotopic (exact) mass is 311 g/mol. The van der Waals surface area contributed by atoms with Crippen LogP contribution in [0.3, 0.4) is 0 Å². The summed E-state index contributed by atoms with van der Waals surface area (Å²) in [6.45, 7) is 3.17. The molecule has 1 aromatic heterocycles. The summed E-state index contributed by atoms with van der Waals surface area (Å²) in [7, 11) is 0. The predicted molar refractivity (Wildman–Crippen MR) is 80.5 cm³/mol. The highest BCUT2D eigenvalue weighted by molar-refractivity contribution is 7.99. The van der Waals surface area contributed by atoms with Crippen LogP contribution in [0.25, 0.3) is 0 Å². The Balaban J connectivity index is 1.69. The summed E-state index contributed by atoms with van der Waals surface area (Å²) < 4.78 is 0. The summed E-state index contributed by atoms with van der Waals surface area (Å²) in [5.41, 5.74) is 0.421. The molecule has 20 heavy (non-hydrogen) atoms. The molecule has 0 atom stereocenters. The Morgan fingerprint density at radius 1 is 1.00 bits per heavy atom. The summed E-state index contributed by atoms with van der Waals surface area (Å²) in [6, 6.07) is 0. The largest absolute Gasteiger partial charge is 0.337 e. The first-order valence-electron chi connectivity index (χ1n) is 6.87. The van der Waals surface area contributed by atoms with Crippen molar-refractivity contribution in [2.45, 2.75) is 12.8 Å². The van der Waals surface area contributed by atoms with Crippen molar-refractivity contribution >= 4 is 34.9 Å². The van der Waals surface area contributed by atoms with Gasteiger partial charge >= 0.3 is 0 Å². The summed E-state index contributed by atoms with van der Waals surface area (Å²) in [4.78, 5) is 32.4. The molecule has 0 unspecified atom stereocenters. The molecule has 0 radical (unpaired) electrons. The van der Waals surface area contributed by atoms with Crippen LogP contribution in [0.15, 0.2) is 5.38 Å². The fourth-order valence-electron chi connectivity index (χ4n) is 2.45. The zero-order valence-corrected chi connectivity index (χ0v) is 12.8. The highest BCUT2D eigenvalue weighted by atomic mass is 32.2. The van der Waals surface area contributed by atoms with Crippen LogP contribution in [0.4, 0.5) is 0 Å². The molecule has 2 amide bonds. The van der Waals surface area contributed by atoms with Crippen LogP contribution in [0.5, 0.6) is 0 Å². The Bertz CT molecular complexity index is 505. The Morgan fingerprint density at radius 2 is 1.65 bits per heavy atom. The second-order valence-corrected chi connectivity index (χ2v) is 7.02. The van der Waals surface area contributed by atoms with Gasteiger partial charge in [-0.05, 0) is 12.8 Å². The third kappa shape index (κ3) is 2.83. The van der Waals surface area contributed by atoms with Crippen LogP contribution < -0.4 is 0 Å². The van der Waals surface area contributed by atoms with E-state index in [1.807, 2.05) is 21.6 Å². The van der Waals surface area contributed by atoms with Crippen molar-refractivity contribution in [1.82, 2.24) is 14.8 Å². The molecular weight excluding hydrogens is 294 g/mol. The molecule has 2 fully saturated rings. The summed E-state index contributed by atoms with van der Waals surface area (Å²) in [6.07, 6.45) is 2.13. The van der Waals surface area contributed by atoms with Gasteiger partial charge in [-0.2, -0.15) is 11.8 Å². The molecule has 7 heteroatoms. The number of nitrogens with zero attached hydrogens (tertiary/aromatic N) is 3. The number of amides is 2. The smallest absolute Gasteiger partial charge is 0.282 e. The third-order valence-corrected chi connectivity index (χ3v) is 5.37. The molecule has 2 aliphatic heterocycles. The zero-order chi connectivity index (χ0) is 13.9. The average molecular weight is 311 g/mol. The van der Waals surface area contributed by atoms with E-state index < -0.39 is 0 Å². The Morgan fingerprint density at radius 3 is 2.35 bits per heavy atom. The van der Waals surface area contributed by atoms with Crippen LogP contribution in [0, 0.1) is 0 Å². The van der Waals surface area contributed by atoms with Crippen LogP contribution >= 0.6 is 23.1 Å². The SMILES string of the molecule is O=C(c1csc(C(=O)N2CCCC2)n1)N1CCSCC1. The van der Waals surface area contributed by atoms with E-state index >= 15 is 0 Å². The number of thioether (sulfide) groups is 1. The minimum absolute atomic E-state index is 0.0271. The normalized spacial score (nSPS) is 19.4. The van der Waals surface area contributed by atoms with Crippen LogP contribution in [0.2, 0.25) is 0 Å². The summed E-state index contributed by atoms with van der Waals surface area (Å²) in [5, 5.41) is 2.16. The van der Waals surface area contributed by atoms with Gasteiger partial charge in [0, 0.05) is 43.1 Å². The number of hydrogen-bond donors (Lipinski definition) is 0. The van der Waals surface area contributed by atoms with E-state index in [0.717, 1.165) is 50.5 Å². The lowest BCUT2D eigenvalue weighted by Gasteiger charge is -2.25. The van der Waals surface area contributed by atoms with Gasteiger partial charge in [-0.25, -0.2) is 4.98 Å². The summed E-state index contributed by atoms with van der Waals surface area (Å²) in [5.74, 6) is 1.90. The van der Waals surface area contributed by atoms with E-state index in [1.165, 1.54) is 11.3 Å². The van der Waals surface area contributed by atoms with Crippen molar-refractivity contribution in [1.29, 1.82) is 0 Å². The Hall–Kier alpha value is -1.08. The second kappa shape index (κ2) is 6.13. The molecule has 5 nitrogen and oxygen atoms in total. The molecule has 3 rings (SSSR count). The fraction of sp³-hybridized carbons (Fsp3) is 0.615. The molecule has 2 saturated heterocycles. The van der Waals surface area contributed by atoms with Crippen LogP contribution in [0.1, 0.15) is 33.1 Å². The van der Waals surface area contributed by atoms with Crippen molar-refractivity contribution < 1.29 is 9.59 Å². The van der Waals surface area contributed by atoms with Gasteiger partial charge < -0.3 is 9.80 Å². The van der Waals surface area contributed by atoms with E-state index in [-0.39, 0.29) is 11.8 Å². The van der Waals surface area contributed by atoms with Gasteiger partial charge in [-0.1, -0.05) is 0 Å². The molecular formula is C13H17N3O2S2. The number of hydrogen-bond acceptors (Lipinski definition) is 5. The van der Waals surface area contributed by atoms with Crippen molar-refractivity contribution in [2.75, 3.05) is 37.7 Å². The maximum atomic E-state index is 12.3. The van der Waals surface area contributed by atoms with E-state index in [2.05, 4.69) is 4.98 Å². The first-order valence-corrected chi connectivity index (χ1v) is 8.91. The van der Waals surface area contributed by atoms with E-state index in [1.54, 1.807) is 5.38 Å². The molecule has 3 heterocycles. The lowest BCUT2D eigenvalue weighted by molar-refractivity contribution is 0.0766. The van der Waals surface area contributed by atoms with Crippen molar-refractivity contribution in [3.63, 3.8) is 0 Å². The van der Waals surface area contributed by atoms with Crippen LogP contribution in [-0.2, 0) is 0 Å². The van der Waals surface area contributed by atoms with Gasteiger partial charge in [0.1, 0.15) is 5.69 Å². The molecule has 0 aliphatic carbocycles. The van der Waals surface area contributed by atoms with Gasteiger partial charge in [0.15, 0.2) is 5.01 Å². The fourth-order valence-corrected chi connectivity index (χ4v) is 4.11. The van der Waals surface area contributed by atoms with E-state index in [9.17, 15) is 9.59 Å². The third-order valence-electron chi connectivity index (χ3n) is 3.60. The van der Waals surface area contributed by atoms with Gasteiger partial charge in [0.2, 0.25) is 0 Å². The molecule has 0 aromatic carbocycles. The first-order chi connectivity index (χ1) is 9.75. The van der Waals surface area contributed by atoms with E-state index in [0.29, 0.717) is 10.7 Å². The second-order valence-electron chi connectivity index (χ2n) is 4.94. The molecule has 1 aromatic rings. The maximum Gasteiger partial charge on any atom is 0.282 e.